The Morgan fingerprint density at radius 1 is 0.844 bits per heavy atom. The second kappa shape index (κ2) is 15.4. The smallest absolute Gasteiger partial charge is 0.264 e. The van der Waals surface area contributed by atoms with Crippen LogP contribution in [-0.2, 0) is 19.6 Å². The van der Waals surface area contributed by atoms with Crippen molar-refractivity contribution in [3.8, 4) is 17.2 Å². The summed E-state index contributed by atoms with van der Waals surface area (Å²) in [5, 5.41) is 6.87. The summed E-state index contributed by atoms with van der Waals surface area (Å²) in [4.78, 5) is 25.3. The van der Waals surface area contributed by atoms with Crippen molar-refractivity contribution >= 4 is 33.7 Å². The molecule has 0 radical (unpaired) electrons. The van der Waals surface area contributed by atoms with Crippen LogP contribution in [0.3, 0.4) is 0 Å². The molecule has 4 aromatic carbocycles. The van der Waals surface area contributed by atoms with E-state index in [0.717, 1.165) is 9.87 Å². The SMILES string of the molecule is COc1ccc(OC)c(N(CC(=O)N/N=C/c2ccc(OCC(=O)NC(C)c3ccccc3)cc2)S(=O)(=O)c2ccccc2)c1. The van der Waals surface area contributed by atoms with Crippen molar-refractivity contribution in [3.63, 3.8) is 0 Å². The molecular formula is C33H34N4O7S. The van der Waals surface area contributed by atoms with E-state index >= 15 is 0 Å². The van der Waals surface area contributed by atoms with Gasteiger partial charge in [-0.15, -0.1) is 0 Å². The van der Waals surface area contributed by atoms with Gasteiger partial charge in [0.2, 0.25) is 0 Å². The Morgan fingerprint density at radius 2 is 1.49 bits per heavy atom. The minimum absolute atomic E-state index is 0.00308. The molecule has 1 unspecified atom stereocenters. The highest BCUT2D eigenvalue weighted by Crippen LogP contribution is 2.35. The van der Waals surface area contributed by atoms with Gasteiger partial charge in [-0.3, -0.25) is 13.9 Å². The maximum Gasteiger partial charge on any atom is 0.264 e. The molecule has 0 aliphatic heterocycles. The van der Waals surface area contributed by atoms with Gasteiger partial charge in [-0.2, -0.15) is 5.10 Å². The summed E-state index contributed by atoms with van der Waals surface area (Å²) >= 11 is 0. The number of sulfonamides is 1. The van der Waals surface area contributed by atoms with E-state index in [1.54, 1.807) is 54.6 Å². The standard InChI is InChI=1S/C33H34N4O7S/c1-24(26-10-6-4-7-11-26)35-33(39)23-44-27-16-14-25(15-17-27)21-34-36-32(38)22-37(45(40,41)29-12-8-5-9-13-29)30-20-28(42-2)18-19-31(30)43-3/h4-21,24H,22-23H2,1-3H3,(H,35,39)(H,36,38)/b34-21+. The third-order valence-electron chi connectivity index (χ3n) is 6.60. The summed E-state index contributed by atoms with van der Waals surface area (Å²) in [5.41, 5.74) is 4.12. The van der Waals surface area contributed by atoms with Crippen molar-refractivity contribution in [1.29, 1.82) is 0 Å². The number of ether oxygens (including phenoxy) is 3. The van der Waals surface area contributed by atoms with Gasteiger partial charge in [-0.25, -0.2) is 13.8 Å². The van der Waals surface area contributed by atoms with E-state index in [2.05, 4.69) is 15.8 Å². The highest BCUT2D eigenvalue weighted by Gasteiger charge is 2.30. The number of hydrazone groups is 1. The van der Waals surface area contributed by atoms with Crippen LogP contribution in [0, 0.1) is 0 Å². The number of amides is 2. The Hall–Kier alpha value is -5.36. The van der Waals surface area contributed by atoms with Crippen LogP contribution >= 0.6 is 0 Å². The minimum Gasteiger partial charge on any atom is -0.497 e. The van der Waals surface area contributed by atoms with Crippen LogP contribution in [-0.4, -0.2) is 53.8 Å². The third-order valence-corrected chi connectivity index (χ3v) is 8.38. The van der Waals surface area contributed by atoms with Crippen LogP contribution in [0.25, 0.3) is 0 Å². The Bertz CT molecular complexity index is 1720. The molecule has 0 saturated heterocycles. The first-order valence-electron chi connectivity index (χ1n) is 13.9. The lowest BCUT2D eigenvalue weighted by atomic mass is 10.1. The van der Waals surface area contributed by atoms with E-state index in [1.807, 2.05) is 37.3 Å². The van der Waals surface area contributed by atoms with Crippen LogP contribution in [0.5, 0.6) is 17.2 Å². The predicted molar refractivity (Wildman–Crippen MR) is 171 cm³/mol. The largest absolute Gasteiger partial charge is 0.497 e. The van der Waals surface area contributed by atoms with Gasteiger partial charge >= 0.3 is 0 Å². The Kier molecular flexibility index (Phi) is 11.1. The molecule has 0 spiro atoms. The Morgan fingerprint density at radius 3 is 2.13 bits per heavy atom. The topological polar surface area (TPSA) is 136 Å². The molecule has 2 amide bonds. The average molecular weight is 631 g/mol. The van der Waals surface area contributed by atoms with Gasteiger partial charge in [0.25, 0.3) is 21.8 Å². The molecule has 0 fully saturated rings. The first-order chi connectivity index (χ1) is 21.7. The van der Waals surface area contributed by atoms with Crippen molar-refractivity contribution in [2.45, 2.75) is 17.9 Å². The van der Waals surface area contributed by atoms with E-state index in [4.69, 9.17) is 14.2 Å². The van der Waals surface area contributed by atoms with Crippen LogP contribution in [0.4, 0.5) is 5.69 Å². The number of benzene rings is 4. The number of anilines is 1. The van der Waals surface area contributed by atoms with E-state index in [0.29, 0.717) is 17.1 Å². The molecule has 4 rings (SSSR count). The summed E-state index contributed by atoms with van der Waals surface area (Å²) in [7, 11) is -1.32. The van der Waals surface area contributed by atoms with Crippen molar-refractivity contribution in [2.75, 3.05) is 31.7 Å². The first-order valence-corrected chi connectivity index (χ1v) is 15.3. The zero-order chi connectivity index (χ0) is 32.2. The second-order valence-corrected chi connectivity index (χ2v) is 11.6. The molecule has 0 bridgehead atoms. The average Bonchev–Trinajstić information content (AvgIpc) is 3.07. The predicted octanol–water partition coefficient (Wildman–Crippen LogP) is 4.31. The zero-order valence-corrected chi connectivity index (χ0v) is 25.9. The highest BCUT2D eigenvalue weighted by molar-refractivity contribution is 7.92. The molecule has 45 heavy (non-hydrogen) atoms. The molecule has 0 aliphatic carbocycles. The number of hydrogen-bond donors (Lipinski definition) is 2. The maximum atomic E-state index is 13.7. The van der Waals surface area contributed by atoms with Gasteiger partial charge in [-0.1, -0.05) is 48.5 Å². The molecule has 0 aliphatic rings. The van der Waals surface area contributed by atoms with Gasteiger partial charge < -0.3 is 19.5 Å². The molecule has 2 N–H and O–H groups in total. The number of nitrogens with zero attached hydrogens (tertiary/aromatic N) is 2. The molecule has 234 valence electrons. The molecule has 0 aromatic heterocycles. The van der Waals surface area contributed by atoms with Gasteiger partial charge in [0, 0.05) is 6.07 Å². The van der Waals surface area contributed by atoms with Gasteiger partial charge in [0.1, 0.15) is 23.8 Å². The van der Waals surface area contributed by atoms with Crippen LogP contribution in [0.1, 0.15) is 24.1 Å². The van der Waals surface area contributed by atoms with E-state index in [1.165, 1.54) is 38.6 Å². The zero-order valence-electron chi connectivity index (χ0n) is 25.0. The molecular weight excluding hydrogens is 596 g/mol. The normalized spacial score (nSPS) is 11.8. The van der Waals surface area contributed by atoms with Crippen molar-refractivity contribution in [1.82, 2.24) is 10.7 Å². The maximum absolute atomic E-state index is 13.7. The number of hydrogen-bond acceptors (Lipinski definition) is 8. The Labute approximate surface area is 262 Å². The second-order valence-electron chi connectivity index (χ2n) is 9.71. The number of carbonyl (C=O) groups excluding carboxylic acids is 2. The molecule has 4 aromatic rings. The lowest BCUT2D eigenvalue weighted by Crippen LogP contribution is -2.39. The Balaban J connectivity index is 1.38. The summed E-state index contributed by atoms with van der Waals surface area (Å²) in [6.07, 6.45) is 1.40. The summed E-state index contributed by atoms with van der Waals surface area (Å²) < 4.78 is 44.5. The van der Waals surface area contributed by atoms with Crippen LogP contribution in [0.2, 0.25) is 0 Å². The van der Waals surface area contributed by atoms with E-state index < -0.39 is 22.5 Å². The lowest BCUT2D eigenvalue weighted by Gasteiger charge is -2.25. The van der Waals surface area contributed by atoms with Gasteiger partial charge in [-0.05, 0) is 66.6 Å². The fourth-order valence-corrected chi connectivity index (χ4v) is 5.71. The third kappa shape index (κ3) is 8.83. The first kappa shape index (κ1) is 32.6. The van der Waals surface area contributed by atoms with Crippen LogP contribution < -0.4 is 29.3 Å². The van der Waals surface area contributed by atoms with Crippen LogP contribution in [0.15, 0.2) is 113 Å². The molecule has 1 atom stereocenters. The quantitative estimate of drug-likeness (QED) is 0.157. The fourth-order valence-electron chi connectivity index (χ4n) is 4.26. The number of carbonyl (C=O) groups is 2. The molecule has 12 heteroatoms. The summed E-state index contributed by atoms with van der Waals surface area (Å²) in [6.45, 7) is 1.16. The van der Waals surface area contributed by atoms with E-state index in [9.17, 15) is 18.0 Å². The van der Waals surface area contributed by atoms with E-state index in [-0.39, 0.29) is 34.9 Å². The fraction of sp³-hybridized carbons (Fsp3) is 0.182. The highest BCUT2D eigenvalue weighted by atomic mass is 32.2. The number of rotatable bonds is 14. The van der Waals surface area contributed by atoms with Crippen molar-refractivity contribution in [3.05, 3.63) is 114 Å². The van der Waals surface area contributed by atoms with Crippen molar-refractivity contribution < 1.29 is 32.2 Å². The molecule has 0 saturated carbocycles. The molecule has 0 heterocycles. The molecule has 11 nitrogen and oxygen atoms in total. The lowest BCUT2D eigenvalue weighted by molar-refractivity contribution is -0.123. The monoisotopic (exact) mass is 630 g/mol. The minimum atomic E-state index is -4.18. The van der Waals surface area contributed by atoms with Crippen molar-refractivity contribution in [2.24, 2.45) is 5.10 Å². The number of nitrogens with one attached hydrogen (secondary N) is 2. The van der Waals surface area contributed by atoms with Gasteiger partial charge in [0.15, 0.2) is 6.61 Å². The summed E-state index contributed by atoms with van der Waals surface area (Å²) in [6, 6.07) is 28.6. The summed E-state index contributed by atoms with van der Waals surface area (Å²) in [5.74, 6) is 0.151. The number of methoxy groups -OCH3 is 2. The van der Waals surface area contributed by atoms with Gasteiger partial charge in [0.05, 0.1) is 37.1 Å².